The molecule has 0 fully saturated rings. The van der Waals surface area contributed by atoms with Gasteiger partial charge in [0.1, 0.15) is 0 Å². The summed E-state index contributed by atoms with van der Waals surface area (Å²) in [7, 11) is 0. The van der Waals surface area contributed by atoms with Crippen LogP contribution in [0.2, 0.25) is 0 Å². The number of aliphatic hydroxyl groups excluding tert-OH is 1. The SMILES string of the molecule is CCN(CC)CC(O)CNc1ccc(C)c(C)c1. The molecule has 0 heterocycles. The zero-order valence-corrected chi connectivity index (χ0v) is 12.0. The summed E-state index contributed by atoms with van der Waals surface area (Å²) in [5.41, 5.74) is 3.65. The van der Waals surface area contributed by atoms with E-state index < -0.39 is 0 Å². The first-order valence-corrected chi connectivity index (χ1v) is 6.78. The van der Waals surface area contributed by atoms with Crippen molar-refractivity contribution in [1.82, 2.24) is 4.90 Å². The molecular formula is C15H26N2O. The minimum absolute atomic E-state index is 0.327. The van der Waals surface area contributed by atoms with E-state index in [2.05, 4.69) is 56.1 Å². The Morgan fingerprint density at radius 1 is 1.17 bits per heavy atom. The van der Waals surface area contributed by atoms with E-state index in [1.165, 1.54) is 11.1 Å². The van der Waals surface area contributed by atoms with Crippen LogP contribution in [0, 0.1) is 13.8 Å². The van der Waals surface area contributed by atoms with Crippen molar-refractivity contribution in [1.29, 1.82) is 0 Å². The van der Waals surface area contributed by atoms with Gasteiger partial charge < -0.3 is 15.3 Å². The van der Waals surface area contributed by atoms with E-state index in [9.17, 15) is 5.11 Å². The molecule has 0 spiro atoms. The lowest BCUT2D eigenvalue weighted by molar-refractivity contribution is 0.128. The van der Waals surface area contributed by atoms with Crippen molar-refractivity contribution in [2.75, 3.05) is 31.5 Å². The summed E-state index contributed by atoms with van der Waals surface area (Å²) < 4.78 is 0. The third-order valence-corrected chi connectivity index (χ3v) is 3.41. The van der Waals surface area contributed by atoms with Crippen LogP contribution in [0.1, 0.15) is 25.0 Å². The van der Waals surface area contributed by atoms with E-state index in [4.69, 9.17) is 0 Å². The predicted molar refractivity (Wildman–Crippen MR) is 78.2 cm³/mol. The summed E-state index contributed by atoms with van der Waals surface area (Å²) in [4.78, 5) is 2.23. The number of hydrogen-bond donors (Lipinski definition) is 2. The molecule has 102 valence electrons. The fourth-order valence-electron chi connectivity index (χ4n) is 1.93. The number of nitrogens with zero attached hydrogens (tertiary/aromatic N) is 1. The number of anilines is 1. The van der Waals surface area contributed by atoms with Crippen molar-refractivity contribution in [2.45, 2.75) is 33.8 Å². The molecule has 0 aliphatic carbocycles. The van der Waals surface area contributed by atoms with Crippen molar-refractivity contribution < 1.29 is 5.11 Å². The average molecular weight is 250 g/mol. The Kier molecular flexibility index (Phi) is 6.16. The van der Waals surface area contributed by atoms with Crippen molar-refractivity contribution in [2.24, 2.45) is 0 Å². The minimum Gasteiger partial charge on any atom is -0.390 e. The Hall–Kier alpha value is -1.06. The van der Waals surface area contributed by atoms with Crippen LogP contribution < -0.4 is 5.32 Å². The van der Waals surface area contributed by atoms with Gasteiger partial charge in [0.15, 0.2) is 0 Å². The summed E-state index contributed by atoms with van der Waals surface area (Å²) in [6.07, 6.45) is -0.327. The van der Waals surface area contributed by atoms with Crippen LogP contribution in [0.15, 0.2) is 18.2 Å². The van der Waals surface area contributed by atoms with Gasteiger partial charge in [0, 0.05) is 18.8 Å². The van der Waals surface area contributed by atoms with Gasteiger partial charge in [-0.05, 0) is 50.2 Å². The molecule has 0 saturated heterocycles. The first kappa shape index (κ1) is 15.0. The van der Waals surface area contributed by atoms with Gasteiger partial charge in [-0.3, -0.25) is 0 Å². The Morgan fingerprint density at radius 2 is 1.83 bits per heavy atom. The molecule has 3 heteroatoms. The average Bonchev–Trinajstić information content (AvgIpc) is 2.37. The summed E-state index contributed by atoms with van der Waals surface area (Å²) in [5, 5.41) is 13.3. The number of hydrogen-bond acceptors (Lipinski definition) is 3. The van der Waals surface area contributed by atoms with Gasteiger partial charge in [0.05, 0.1) is 6.10 Å². The Labute approximate surface area is 111 Å². The van der Waals surface area contributed by atoms with Crippen LogP contribution in [0.25, 0.3) is 0 Å². The van der Waals surface area contributed by atoms with Gasteiger partial charge >= 0.3 is 0 Å². The highest BCUT2D eigenvalue weighted by molar-refractivity contribution is 5.48. The smallest absolute Gasteiger partial charge is 0.0839 e. The van der Waals surface area contributed by atoms with Crippen LogP contribution in [0.4, 0.5) is 5.69 Å². The van der Waals surface area contributed by atoms with Crippen molar-refractivity contribution in [3.8, 4) is 0 Å². The first-order chi connectivity index (χ1) is 8.56. The molecule has 3 nitrogen and oxygen atoms in total. The molecule has 0 aromatic heterocycles. The molecule has 2 N–H and O–H groups in total. The maximum Gasteiger partial charge on any atom is 0.0839 e. The zero-order chi connectivity index (χ0) is 13.5. The van der Waals surface area contributed by atoms with E-state index in [-0.39, 0.29) is 6.10 Å². The number of likely N-dealkylation sites (N-methyl/N-ethyl adjacent to an activating group) is 1. The lowest BCUT2D eigenvalue weighted by Crippen LogP contribution is -2.35. The van der Waals surface area contributed by atoms with Crippen molar-refractivity contribution >= 4 is 5.69 Å². The molecule has 1 unspecified atom stereocenters. The first-order valence-electron chi connectivity index (χ1n) is 6.78. The maximum atomic E-state index is 9.96. The highest BCUT2D eigenvalue weighted by Gasteiger charge is 2.08. The van der Waals surface area contributed by atoms with E-state index in [1.54, 1.807) is 0 Å². The molecule has 0 bridgehead atoms. The summed E-state index contributed by atoms with van der Waals surface area (Å²) in [6, 6.07) is 6.29. The van der Waals surface area contributed by atoms with Crippen molar-refractivity contribution in [3.63, 3.8) is 0 Å². The molecular weight excluding hydrogens is 224 g/mol. The van der Waals surface area contributed by atoms with E-state index in [0.29, 0.717) is 6.54 Å². The van der Waals surface area contributed by atoms with Crippen LogP contribution in [0.5, 0.6) is 0 Å². The van der Waals surface area contributed by atoms with Gasteiger partial charge in [0.2, 0.25) is 0 Å². The predicted octanol–water partition coefficient (Wildman–Crippen LogP) is 2.42. The van der Waals surface area contributed by atoms with Crippen molar-refractivity contribution in [3.05, 3.63) is 29.3 Å². The van der Waals surface area contributed by atoms with E-state index in [0.717, 1.165) is 25.3 Å². The molecule has 0 aliphatic rings. The molecule has 0 radical (unpaired) electrons. The van der Waals surface area contributed by atoms with Gasteiger partial charge in [-0.15, -0.1) is 0 Å². The topological polar surface area (TPSA) is 35.5 Å². The van der Waals surface area contributed by atoms with Gasteiger partial charge in [-0.25, -0.2) is 0 Å². The van der Waals surface area contributed by atoms with Gasteiger partial charge in [0.25, 0.3) is 0 Å². The summed E-state index contributed by atoms with van der Waals surface area (Å²) in [6.45, 7) is 11.7. The summed E-state index contributed by atoms with van der Waals surface area (Å²) in [5.74, 6) is 0. The van der Waals surface area contributed by atoms with Gasteiger partial charge in [-0.1, -0.05) is 19.9 Å². The lowest BCUT2D eigenvalue weighted by atomic mass is 10.1. The number of rotatable bonds is 7. The third kappa shape index (κ3) is 4.67. The van der Waals surface area contributed by atoms with Crippen LogP contribution >= 0.6 is 0 Å². The van der Waals surface area contributed by atoms with E-state index in [1.807, 2.05) is 0 Å². The van der Waals surface area contributed by atoms with Gasteiger partial charge in [-0.2, -0.15) is 0 Å². The molecule has 18 heavy (non-hydrogen) atoms. The van der Waals surface area contributed by atoms with Crippen LogP contribution in [-0.4, -0.2) is 42.3 Å². The Morgan fingerprint density at radius 3 is 2.39 bits per heavy atom. The normalized spacial score (nSPS) is 12.8. The molecule has 1 aromatic carbocycles. The third-order valence-electron chi connectivity index (χ3n) is 3.41. The minimum atomic E-state index is -0.327. The second-order valence-corrected chi connectivity index (χ2v) is 4.82. The van der Waals surface area contributed by atoms with E-state index >= 15 is 0 Å². The monoisotopic (exact) mass is 250 g/mol. The molecule has 1 atom stereocenters. The zero-order valence-electron chi connectivity index (χ0n) is 12.0. The second kappa shape index (κ2) is 7.39. The highest BCUT2D eigenvalue weighted by Crippen LogP contribution is 2.14. The standard InChI is InChI=1S/C15H26N2O/c1-5-17(6-2)11-15(18)10-16-14-8-7-12(3)13(4)9-14/h7-9,15-16,18H,5-6,10-11H2,1-4H3. The number of benzene rings is 1. The van der Waals surface area contributed by atoms with Crippen LogP contribution in [0.3, 0.4) is 0 Å². The number of nitrogens with one attached hydrogen (secondary N) is 1. The molecule has 0 amide bonds. The molecule has 0 saturated carbocycles. The Balaban J connectivity index is 2.42. The maximum absolute atomic E-state index is 9.96. The Bertz CT molecular complexity index is 362. The highest BCUT2D eigenvalue weighted by atomic mass is 16.3. The number of aliphatic hydroxyl groups is 1. The lowest BCUT2D eigenvalue weighted by Gasteiger charge is -2.22. The second-order valence-electron chi connectivity index (χ2n) is 4.82. The van der Waals surface area contributed by atoms with Crippen LogP contribution in [-0.2, 0) is 0 Å². The quantitative estimate of drug-likeness (QED) is 0.780. The molecule has 0 aliphatic heterocycles. The largest absolute Gasteiger partial charge is 0.390 e. The fourth-order valence-corrected chi connectivity index (χ4v) is 1.93. The molecule has 1 aromatic rings. The molecule has 1 rings (SSSR count). The fraction of sp³-hybridized carbons (Fsp3) is 0.600. The summed E-state index contributed by atoms with van der Waals surface area (Å²) >= 11 is 0. The number of aryl methyl sites for hydroxylation is 2.